The molecule has 0 aromatic carbocycles. The highest BCUT2D eigenvalue weighted by molar-refractivity contribution is 5.75. The molecule has 0 fully saturated rings. The molecule has 1 aromatic rings. The van der Waals surface area contributed by atoms with Crippen molar-refractivity contribution >= 4 is 11.9 Å². The molecule has 100 valence electrons. The number of hydrogen-bond donors (Lipinski definition) is 1. The van der Waals surface area contributed by atoms with Gasteiger partial charge in [0.2, 0.25) is 5.91 Å². The first-order valence-corrected chi connectivity index (χ1v) is 6.17. The Kier molecular flexibility index (Phi) is 6.61. The number of rotatable bonds is 8. The van der Waals surface area contributed by atoms with E-state index in [9.17, 15) is 9.59 Å². The molecule has 1 aromatic heterocycles. The summed E-state index contributed by atoms with van der Waals surface area (Å²) in [5.74, 6) is 0.499. The second kappa shape index (κ2) is 8.33. The zero-order valence-corrected chi connectivity index (χ0v) is 10.6. The number of ether oxygens (including phenoxy) is 1. The maximum Gasteiger partial charge on any atom is 0.305 e. The third-order valence-electron chi connectivity index (χ3n) is 2.38. The van der Waals surface area contributed by atoms with E-state index in [2.05, 4.69) is 5.32 Å². The van der Waals surface area contributed by atoms with Gasteiger partial charge in [-0.05, 0) is 31.9 Å². The molecule has 1 rings (SSSR count). The van der Waals surface area contributed by atoms with Crippen molar-refractivity contribution in [1.82, 2.24) is 5.32 Å². The minimum atomic E-state index is -0.200. The Hall–Kier alpha value is -1.78. The summed E-state index contributed by atoms with van der Waals surface area (Å²) in [6.07, 6.45) is 3.72. The molecule has 0 aliphatic carbocycles. The average molecular weight is 253 g/mol. The quantitative estimate of drug-likeness (QED) is 0.568. The van der Waals surface area contributed by atoms with Crippen LogP contribution in [0.4, 0.5) is 0 Å². The zero-order chi connectivity index (χ0) is 13.2. The van der Waals surface area contributed by atoms with Crippen LogP contribution in [0.3, 0.4) is 0 Å². The lowest BCUT2D eigenvalue weighted by Crippen LogP contribution is -2.22. The standard InChI is InChI=1S/C13H19NO4/c1-2-17-13(16)8-4-3-7-12(15)14-10-11-6-5-9-18-11/h5-6,9H,2-4,7-8,10H2,1H3,(H,14,15). The van der Waals surface area contributed by atoms with Crippen LogP contribution in [0.15, 0.2) is 22.8 Å². The normalized spacial score (nSPS) is 10.1. The van der Waals surface area contributed by atoms with Crippen molar-refractivity contribution in [2.75, 3.05) is 6.61 Å². The summed E-state index contributed by atoms with van der Waals surface area (Å²) in [6, 6.07) is 3.59. The predicted octanol–water partition coefficient (Wildman–Crippen LogP) is 2.02. The number of carbonyl (C=O) groups excluding carboxylic acids is 2. The summed E-state index contributed by atoms with van der Waals surface area (Å²) >= 11 is 0. The third-order valence-corrected chi connectivity index (χ3v) is 2.38. The summed E-state index contributed by atoms with van der Waals surface area (Å²) in [5.41, 5.74) is 0. The van der Waals surface area contributed by atoms with E-state index in [0.717, 1.165) is 5.76 Å². The first-order chi connectivity index (χ1) is 8.72. The van der Waals surface area contributed by atoms with Gasteiger partial charge in [0.15, 0.2) is 0 Å². The molecule has 0 aliphatic rings. The Labute approximate surface area is 106 Å². The molecule has 18 heavy (non-hydrogen) atoms. The molecule has 0 spiro atoms. The fourth-order valence-corrected chi connectivity index (χ4v) is 1.48. The highest BCUT2D eigenvalue weighted by Gasteiger charge is 2.05. The van der Waals surface area contributed by atoms with Gasteiger partial charge in [0.1, 0.15) is 5.76 Å². The summed E-state index contributed by atoms with van der Waals surface area (Å²) in [7, 11) is 0. The zero-order valence-electron chi connectivity index (χ0n) is 10.6. The third kappa shape index (κ3) is 6.08. The molecule has 0 unspecified atom stereocenters. The van der Waals surface area contributed by atoms with Crippen LogP contribution in [0, 0.1) is 0 Å². The van der Waals surface area contributed by atoms with Crippen molar-refractivity contribution in [3.8, 4) is 0 Å². The van der Waals surface area contributed by atoms with E-state index in [1.54, 1.807) is 25.3 Å². The monoisotopic (exact) mass is 253 g/mol. The number of carbonyl (C=O) groups is 2. The lowest BCUT2D eigenvalue weighted by molar-refractivity contribution is -0.143. The van der Waals surface area contributed by atoms with E-state index < -0.39 is 0 Å². The van der Waals surface area contributed by atoms with Crippen LogP contribution in [-0.4, -0.2) is 18.5 Å². The van der Waals surface area contributed by atoms with Crippen LogP contribution < -0.4 is 5.32 Å². The van der Waals surface area contributed by atoms with Gasteiger partial charge < -0.3 is 14.5 Å². The minimum Gasteiger partial charge on any atom is -0.467 e. The summed E-state index contributed by atoms with van der Waals surface area (Å²) < 4.78 is 9.89. The van der Waals surface area contributed by atoms with Gasteiger partial charge in [-0.2, -0.15) is 0 Å². The number of amides is 1. The first kappa shape index (κ1) is 14.3. The SMILES string of the molecule is CCOC(=O)CCCCC(=O)NCc1ccco1. The molecule has 1 amide bonds. The topological polar surface area (TPSA) is 68.5 Å². The van der Waals surface area contributed by atoms with E-state index >= 15 is 0 Å². The number of hydrogen-bond acceptors (Lipinski definition) is 4. The molecule has 0 aliphatic heterocycles. The molecular weight excluding hydrogens is 234 g/mol. The molecule has 0 saturated carbocycles. The highest BCUT2D eigenvalue weighted by atomic mass is 16.5. The van der Waals surface area contributed by atoms with Crippen LogP contribution in [0.2, 0.25) is 0 Å². The van der Waals surface area contributed by atoms with Crippen molar-refractivity contribution in [2.45, 2.75) is 39.2 Å². The fraction of sp³-hybridized carbons (Fsp3) is 0.538. The van der Waals surface area contributed by atoms with Gasteiger partial charge in [-0.15, -0.1) is 0 Å². The van der Waals surface area contributed by atoms with Gasteiger partial charge in [0, 0.05) is 12.8 Å². The molecule has 0 atom stereocenters. The van der Waals surface area contributed by atoms with Crippen molar-refractivity contribution in [1.29, 1.82) is 0 Å². The lowest BCUT2D eigenvalue weighted by atomic mass is 10.2. The van der Waals surface area contributed by atoms with Crippen molar-refractivity contribution in [3.63, 3.8) is 0 Å². The molecule has 1 heterocycles. The van der Waals surface area contributed by atoms with Crippen LogP contribution in [0.5, 0.6) is 0 Å². The molecule has 0 saturated heterocycles. The molecular formula is C13H19NO4. The van der Waals surface area contributed by atoms with Gasteiger partial charge in [0.05, 0.1) is 19.4 Å². The molecule has 5 nitrogen and oxygen atoms in total. The molecule has 0 radical (unpaired) electrons. The Morgan fingerprint density at radius 1 is 1.33 bits per heavy atom. The summed E-state index contributed by atoms with van der Waals surface area (Å²) in [4.78, 5) is 22.5. The molecule has 1 N–H and O–H groups in total. The summed E-state index contributed by atoms with van der Waals surface area (Å²) in [6.45, 7) is 2.59. The van der Waals surface area contributed by atoms with Crippen molar-refractivity contribution in [3.05, 3.63) is 24.2 Å². The van der Waals surface area contributed by atoms with Gasteiger partial charge in [-0.25, -0.2) is 0 Å². The van der Waals surface area contributed by atoms with Crippen molar-refractivity contribution < 1.29 is 18.7 Å². The predicted molar refractivity (Wildman–Crippen MR) is 65.7 cm³/mol. The maximum absolute atomic E-state index is 11.4. The van der Waals surface area contributed by atoms with E-state index in [-0.39, 0.29) is 11.9 Å². The number of nitrogens with one attached hydrogen (secondary N) is 1. The van der Waals surface area contributed by atoms with E-state index in [1.165, 1.54) is 0 Å². The largest absolute Gasteiger partial charge is 0.467 e. The Bertz CT molecular complexity index is 359. The van der Waals surface area contributed by atoms with Crippen LogP contribution in [0.1, 0.15) is 38.4 Å². The summed E-state index contributed by atoms with van der Waals surface area (Å²) in [5, 5.41) is 2.75. The van der Waals surface area contributed by atoms with Gasteiger partial charge in [0.25, 0.3) is 0 Å². The van der Waals surface area contributed by atoms with Gasteiger partial charge in [-0.3, -0.25) is 9.59 Å². The highest BCUT2D eigenvalue weighted by Crippen LogP contribution is 2.03. The van der Waals surface area contributed by atoms with Crippen LogP contribution in [0.25, 0.3) is 0 Å². The van der Waals surface area contributed by atoms with Gasteiger partial charge in [-0.1, -0.05) is 0 Å². The smallest absolute Gasteiger partial charge is 0.305 e. The van der Waals surface area contributed by atoms with Crippen LogP contribution >= 0.6 is 0 Å². The fourth-order valence-electron chi connectivity index (χ4n) is 1.48. The Balaban J connectivity index is 2.01. The van der Waals surface area contributed by atoms with E-state index in [4.69, 9.17) is 9.15 Å². The second-order valence-electron chi connectivity index (χ2n) is 3.87. The lowest BCUT2D eigenvalue weighted by Gasteiger charge is -2.03. The first-order valence-electron chi connectivity index (χ1n) is 6.17. The Morgan fingerprint density at radius 3 is 2.78 bits per heavy atom. The molecule has 0 bridgehead atoms. The van der Waals surface area contributed by atoms with E-state index in [1.807, 2.05) is 0 Å². The van der Waals surface area contributed by atoms with Crippen LogP contribution in [-0.2, 0) is 20.9 Å². The number of esters is 1. The van der Waals surface area contributed by atoms with Gasteiger partial charge >= 0.3 is 5.97 Å². The molecule has 5 heteroatoms. The van der Waals surface area contributed by atoms with Crippen molar-refractivity contribution in [2.24, 2.45) is 0 Å². The number of furan rings is 1. The average Bonchev–Trinajstić information content (AvgIpc) is 2.85. The second-order valence-corrected chi connectivity index (χ2v) is 3.87. The number of unbranched alkanes of at least 4 members (excludes halogenated alkanes) is 1. The van der Waals surface area contributed by atoms with E-state index in [0.29, 0.717) is 38.8 Å². The minimum absolute atomic E-state index is 0.0322. The Morgan fingerprint density at radius 2 is 2.11 bits per heavy atom. The maximum atomic E-state index is 11.4.